The Balaban J connectivity index is 1.97. The second-order valence-corrected chi connectivity index (χ2v) is 4.21. The fraction of sp³-hybridized carbons (Fsp3) is 0.0667. The Kier molecular flexibility index (Phi) is 4.59. The molecule has 20 heavy (non-hydrogen) atoms. The van der Waals surface area contributed by atoms with Crippen molar-refractivity contribution in [3.63, 3.8) is 0 Å². The van der Waals surface area contributed by atoms with Crippen molar-refractivity contribution in [1.29, 1.82) is 5.26 Å². The van der Waals surface area contributed by atoms with Crippen LogP contribution in [0.4, 0.5) is 0 Å². The summed E-state index contributed by atoms with van der Waals surface area (Å²) in [4.78, 5) is 11.7. The van der Waals surface area contributed by atoms with E-state index in [-0.39, 0.29) is 12.4 Å². The molecule has 2 aromatic rings. The van der Waals surface area contributed by atoms with Gasteiger partial charge < -0.3 is 9.47 Å². The van der Waals surface area contributed by atoms with Crippen LogP contribution in [-0.4, -0.2) is 12.6 Å². The molecule has 0 fully saturated rings. The van der Waals surface area contributed by atoms with Gasteiger partial charge in [0.05, 0.1) is 10.6 Å². The lowest BCUT2D eigenvalue weighted by Gasteiger charge is -2.08. The maximum absolute atomic E-state index is 11.7. The van der Waals surface area contributed by atoms with Crippen molar-refractivity contribution < 1.29 is 14.3 Å². The molecule has 0 saturated carbocycles. The van der Waals surface area contributed by atoms with Gasteiger partial charge in [-0.2, -0.15) is 5.26 Å². The van der Waals surface area contributed by atoms with E-state index in [1.807, 2.05) is 6.07 Å². The largest absolute Gasteiger partial charge is 0.480 e. The summed E-state index contributed by atoms with van der Waals surface area (Å²) in [5, 5.41) is 9.30. The van der Waals surface area contributed by atoms with E-state index in [9.17, 15) is 4.79 Å². The molecule has 0 aliphatic rings. The second-order valence-electron chi connectivity index (χ2n) is 3.80. The average Bonchev–Trinajstić information content (AvgIpc) is 2.47. The van der Waals surface area contributed by atoms with Crippen LogP contribution in [0.15, 0.2) is 48.5 Å². The third-order valence-electron chi connectivity index (χ3n) is 2.41. The standard InChI is InChI=1S/C15H10ClNO3/c16-12-6-2-4-8-14(12)19-10-15(18)20-13-7-3-1-5-11(13)9-17/h1-8H,10H2. The molecule has 0 atom stereocenters. The molecule has 100 valence electrons. The van der Waals surface area contributed by atoms with Crippen LogP contribution < -0.4 is 9.47 Å². The molecule has 0 N–H and O–H groups in total. The highest BCUT2D eigenvalue weighted by atomic mass is 35.5. The highest BCUT2D eigenvalue weighted by Gasteiger charge is 2.10. The van der Waals surface area contributed by atoms with Crippen LogP contribution in [0.3, 0.4) is 0 Å². The summed E-state index contributed by atoms with van der Waals surface area (Å²) in [6.45, 7) is -0.288. The van der Waals surface area contributed by atoms with Crippen LogP contribution in [0.25, 0.3) is 0 Å². The Hall–Kier alpha value is -2.51. The zero-order chi connectivity index (χ0) is 14.4. The van der Waals surface area contributed by atoms with E-state index in [1.165, 1.54) is 0 Å². The number of hydrogen-bond donors (Lipinski definition) is 0. The minimum absolute atomic E-state index is 0.211. The minimum Gasteiger partial charge on any atom is -0.480 e. The lowest BCUT2D eigenvalue weighted by molar-refractivity contribution is -0.136. The average molecular weight is 288 g/mol. The van der Waals surface area contributed by atoms with Gasteiger partial charge in [-0.25, -0.2) is 4.79 Å². The number of para-hydroxylation sites is 2. The van der Waals surface area contributed by atoms with Gasteiger partial charge in [-0.15, -0.1) is 0 Å². The Morgan fingerprint density at radius 1 is 1.10 bits per heavy atom. The lowest BCUT2D eigenvalue weighted by atomic mass is 10.2. The normalized spacial score (nSPS) is 9.60. The Morgan fingerprint density at radius 3 is 2.45 bits per heavy atom. The van der Waals surface area contributed by atoms with Gasteiger partial charge in [-0.1, -0.05) is 35.9 Å². The molecule has 0 unspecified atom stereocenters. The minimum atomic E-state index is -0.604. The number of carbonyl (C=O) groups is 1. The van der Waals surface area contributed by atoms with Gasteiger partial charge in [0.1, 0.15) is 17.6 Å². The van der Waals surface area contributed by atoms with Crippen LogP contribution in [0, 0.1) is 11.3 Å². The van der Waals surface area contributed by atoms with E-state index < -0.39 is 5.97 Å². The first-order valence-electron chi connectivity index (χ1n) is 5.78. The summed E-state index contributed by atoms with van der Waals surface area (Å²) >= 11 is 5.90. The molecule has 0 bridgehead atoms. The Labute approximate surface area is 121 Å². The van der Waals surface area contributed by atoms with Gasteiger partial charge in [0.15, 0.2) is 6.61 Å². The topological polar surface area (TPSA) is 59.3 Å². The van der Waals surface area contributed by atoms with Crippen LogP contribution in [-0.2, 0) is 4.79 Å². The number of carbonyl (C=O) groups excluding carboxylic acids is 1. The number of hydrogen-bond acceptors (Lipinski definition) is 4. The molecule has 0 radical (unpaired) electrons. The fourth-order valence-electron chi connectivity index (χ4n) is 1.50. The molecule has 4 nitrogen and oxygen atoms in total. The fourth-order valence-corrected chi connectivity index (χ4v) is 1.69. The first-order chi connectivity index (χ1) is 9.70. The van der Waals surface area contributed by atoms with Gasteiger partial charge in [0.2, 0.25) is 0 Å². The summed E-state index contributed by atoms with van der Waals surface area (Å²) in [6.07, 6.45) is 0. The summed E-state index contributed by atoms with van der Waals surface area (Å²) in [5.74, 6) is 0.00932. The van der Waals surface area contributed by atoms with E-state index >= 15 is 0 Å². The molecule has 2 aromatic carbocycles. The zero-order valence-electron chi connectivity index (χ0n) is 10.4. The van der Waals surface area contributed by atoms with Crippen molar-refractivity contribution in [2.24, 2.45) is 0 Å². The highest BCUT2D eigenvalue weighted by Crippen LogP contribution is 2.23. The molecule has 0 aliphatic carbocycles. The first kappa shape index (κ1) is 13.9. The first-order valence-corrected chi connectivity index (χ1v) is 6.15. The van der Waals surface area contributed by atoms with Gasteiger partial charge in [0, 0.05) is 0 Å². The SMILES string of the molecule is N#Cc1ccccc1OC(=O)COc1ccccc1Cl. The predicted molar refractivity (Wildman–Crippen MR) is 73.7 cm³/mol. The van der Waals surface area contributed by atoms with Crippen molar-refractivity contribution >= 4 is 17.6 Å². The molecule has 2 rings (SSSR count). The molecule has 0 spiro atoms. The van der Waals surface area contributed by atoms with Gasteiger partial charge >= 0.3 is 5.97 Å². The number of nitriles is 1. The van der Waals surface area contributed by atoms with E-state index in [4.69, 9.17) is 26.3 Å². The number of rotatable bonds is 4. The van der Waals surface area contributed by atoms with Gasteiger partial charge in [-0.3, -0.25) is 0 Å². The molecule has 0 heterocycles. The molecule has 0 amide bonds. The van der Waals surface area contributed by atoms with E-state index in [0.29, 0.717) is 16.3 Å². The van der Waals surface area contributed by atoms with Crippen LogP contribution in [0.2, 0.25) is 5.02 Å². The van der Waals surface area contributed by atoms with Gasteiger partial charge in [0.25, 0.3) is 0 Å². The number of benzene rings is 2. The number of nitrogens with zero attached hydrogens (tertiary/aromatic N) is 1. The summed E-state index contributed by atoms with van der Waals surface area (Å²) in [6, 6.07) is 15.2. The predicted octanol–water partition coefficient (Wildman–Crippen LogP) is 3.20. The van der Waals surface area contributed by atoms with Crippen molar-refractivity contribution in [3.05, 3.63) is 59.1 Å². The Morgan fingerprint density at radius 2 is 1.75 bits per heavy atom. The maximum Gasteiger partial charge on any atom is 0.349 e. The maximum atomic E-state index is 11.7. The van der Waals surface area contributed by atoms with Crippen LogP contribution in [0.1, 0.15) is 5.56 Å². The molecule has 5 heteroatoms. The second kappa shape index (κ2) is 6.60. The third-order valence-corrected chi connectivity index (χ3v) is 2.73. The number of ether oxygens (including phenoxy) is 2. The molecular formula is C15H10ClNO3. The quantitative estimate of drug-likeness (QED) is 0.640. The lowest BCUT2D eigenvalue weighted by Crippen LogP contribution is -2.18. The molecular weight excluding hydrogens is 278 g/mol. The van der Waals surface area contributed by atoms with Gasteiger partial charge in [-0.05, 0) is 24.3 Å². The van der Waals surface area contributed by atoms with Crippen LogP contribution >= 0.6 is 11.6 Å². The summed E-state index contributed by atoms with van der Waals surface area (Å²) in [5.41, 5.74) is 0.290. The smallest absolute Gasteiger partial charge is 0.349 e. The number of halogens is 1. The van der Waals surface area contributed by atoms with Crippen molar-refractivity contribution in [2.75, 3.05) is 6.61 Å². The number of esters is 1. The van der Waals surface area contributed by atoms with Crippen LogP contribution in [0.5, 0.6) is 11.5 Å². The molecule has 0 aromatic heterocycles. The zero-order valence-corrected chi connectivity index (χ0v) is 11.1. The van der Waals surface area contributed by atoms with E-state index in [0.717, 1.165) is 0 Å². The van der Waals surface area contributed by atoms with E-state index in [1.54, 1.807) is 48.5 Å². The third kappa shape index (κ3) is 3.50. The Bertz CT molecular complexity index is 664. The van der Waals surface area contributed by atoms with Crippen molar-refractivity contribution in [1.82, 2.24) is 0 Å². The van der Waals surface area contributed by atoms with Crippen molar-refractivity contribution in [3.8, 4) is 17.6 Å². The summed E-state index contributed by atoms with van der Waals surface area (Å²) in [7, 11) is 0. The molecule has 0 aliphatic heterocycles. The van der Waals surface area contributed by atoms with Crippen molar-refractivity contribution in [2.45, 2.75) is 0 Å². The summed E-state index contributed by atoms with van der Waals surface area (Å²) < 4.78 is 10.3. The monoisotopic (exact) mass is 287 g/mol. The van der Waals surface area contributed by atoms with E-state index in [2.05, 4.69) is 0 Å². The highest BCUT2D eigenvalue weighted by molar-refractivity contribution is 6.32. The molecule has 0 saturated heterocycles.